The van der Waals surface area contributed by atoms with E-state index >= 15 is 0 Å². The summed E-state index contributed by atoms with van der Waals surface area (Å²) in [6, 6.07) is 8.91. The van der Waals surface area contributed by atoms with Gasteiger partial charge in [-0.25, -0.2) is 0 Å². The number of hydrogen-bond donors (Lipinski definition) is 1. The summed E-state index contributed by atoms with van der Waals surface area (Å²) < 4.78 is 0. The predicted octanol–water partition coefficient (Wildman–Crippen LogP) is 0.684. The predicted molar refractivity (Wildman–Crippen MR) is 43.8 cm³/mol. The number of nitrogens with zero attached hydrogens (tertiary/aromatic N) is 1. The summed E-state index contributed by atoms with van der Waals surface area (Å²) in [5, 5.41) is 8.45. The lowest BCUT2D eigenvalue weighted by Crippen LogP contribution is -2.08. The Morgan fingerprint density at radius 1 is 1.36 bits per heavy atom. The lowest BCUT2D eigenvalue weighted by Gasteiger charge is -2.03. The fourth-order valence-electron chi connectivity index (χ4n) is 0.780. The molecule has 0 bridgehead atoms. The van der Waals surface area contributed by atoms with Gasteiger partial charge in [-0.1, -0.05) is 12.1 Å². The smallest absolute Gasteiger partial charge is 0.0991 e. The number of benzene rings is 1. The average Bonchev–Trinajstić information content (AvgIpc) is 2.05. The van der Waals surface area contributed by atoms with Crippen molar-refractivity contribution in [3.8, 4) is 6.07 Å². The molecule has 0 heterocycles. The van der Waals surface area contributed by atoms with Gasteiger partial charge in [0.05, 0.1) is 19.5 Å². The zero-order chi connectivity index (χ0) is 8.27. The maximum atomic E-state index is 8.45. The summed E-state index contributed by atoms with van der Waals surface area (Å²) in [5.41, 5.74) is 6.86. The summed E-state index contributed by atoms with van der Waals surface area (Å²) in [7, 11) is 5.40. The zero-order valence-electron chi connectivity index (χ0n) is 5.99. The van der Waals surface area contributed by atoms with Gasteiger partial charge < -0.3 is 5.73 Å². The topological polar surface area (TPSA) is 49.8 Å². The number of hydrogen-bond acceptors (Lipinski definition) is 2. The van der Waals surface area contributed by atoms with Crippen LogP contribution in [0.15, 0.2) is 24.3 Å². The minimum Gasteiger partial charge on any atom is -0.332 e. The molecule has 2 radical (unpaired) electrons. The molecule has 1 aromatic rings. The third-order valence-electron chi connectivity index (χ3n) is 1.42. The van der Waals surface area contributed by atoms with E-state index in [-0.39, 0.29) is 0 Å². The molecule has 0 aliphatic heterocycles. The fraction of sp³-hybridized carbons (Fsp3) is 0.125. The van der Waals surface area contributed by atoms with Crippen LogP contribution in [0.3, 0.4) is 0 Å². The molecule has 3 heteroatoms. The zero-order valence-corrected chi connectivity index (χ0v) is 5.99. The van der Waals surface area contributed by atoms with Crippen LogP contribution in [0.25, 0.3) is 0 Å². The van der Waals surface area contributed by atoms with E-state index in [1.54, 1.807) is 24.3 Å². The van der Waals surface area contributed by atoms with Crippen LogP contribution in [0, 0.1) is 11.3 Å². The molecular weight excluding hydrogens is 135 g/mol. The first-order valence-corrected chi connectivity index (χ1v) is 3.25. The van der Waals surface area contributed by atoms with Gasteiger partial charge in [-0.2, -0.15) is 5.26 Å². The van der Waals surface area contributed by atoms with Crippen molar-refractivity contribution in [3.05, 3.63) is 35.4 Å². The molecule has 0 saturated carbocycles. The molecule has 0 aliphatic rings. The Balaban J connectivity index is 2.94. The van der Waals surface area contributed by atoms with E-state index in [0.29, 0.717) is 5.56 Å². The summed E-state index contributed by atoms with van der Waals surface area (Å²) >= 11 is 0. The average molecular weight is 142 g/mol. The third kappa shape index (κ3) is 1.82. The molecule has 0 saturated heterocycles. The molecule has 0 aliphatic carbocycles. The second-order valence-electron chi connectivity index (χ2n) is 2.26. The van der Waals surface area contributed by atoms with Gasteiger partial charge in [0.2, 0.25) is 0 Å². The Morgan fingerprint density at radius 2 is 1.91 bits per heavy atom. The van der Waals surface area contributed by atoms with Gasteiger partial charge in [-0.3, -0.25) is 0 Å². The SMILES string of the molecule is [B]C(N)c1ccc(C#N)cc1. The Hall–Kier alpha value is -1.27. The lowest BCUT2D eigenvalue weighted by molar-refractivity contribution is 1.02. The quantitative estimate of drug-likeness (QED) is 0.586. The lowest BCUT2D eigenvalue weighted by atomic mass is 9.90. The first-order valence-electron chi connectivity index (χ1n) is 3.25. The maximum Gasteiger partial charge on any atom is 0.0991 e. The molecule has 1 atom stereocenters. The molecular formula is C8H7BN2. The van der Waals surface area contributed by atoms with Crippen LogP contribution >= 0.6 is 0 Å². The van der Waals surface area contributed by atoms with Crippen LogP contribution in [-0.4, -0.2) is 7.85 Å². The van der Waals surface area contributed by atoms with E-state index < -0.39 is 5.94 Å². The normalized spacial score (nSPS) is 12.0. The van der Waals surface area contributed by atoms with E-state index in [1.165, 1.54) is 0 Å². The monoisotopic (exact) mass is 142 g/mol. The maximum absolute atomic E-state index is 8.45. The number of rotatable bonds is 1. The standard InChI is InChI=1S/C8H7BN2/c9-8(11)7-3-1-6(5-10)2-4-7/h1-4,8H,11H2. The van der Waals surface area contributed by atoms with Gasteiger partial charge in [-0.05, 0) is 23.6 Å². The Labute approximate surface area is 67.0 Å². The van der Waals surface area contributed by atoms with Crippen LogP contribution in [-0.2, 0) is 0 Å². The molecule has 1 rings (SSSR count). The van der Waals surface area contributed by atoms with Crippen LogP contribution in [0.1, 0.15) is 17.1 Å². The van der Waals surface area contributed by atoms with Crippen molar-refractivity contribution in [2.75, 3.05) is 0 Å². The second kappa shape index (κ2) is 3.22. The van der Waals surface area contributed by atoms with E-state index in [1.807, 2.05) is 6.07 Å². The van der Waals surface area contributed by atoms with Crippen LogP contribution in [0.4, 0.5) is 0 Å². The van der Waals surface area contributed by atoms with E-state index in [0.717, 1.165) is 5.56 Å². The molecule has 0 aromatic heterocycles. The van der Waals surface area contributed by atoms with Crippen molar-refractivity contribution < 1.29 is 0 Å². The van der Waals surface area contributed by atoms with Gasteiger partial charge in [0, 0.05) is 0 Å². The van der Waals surface area contributed by atoms with Gasteiger partial charge in [0.1, 0.15) is 0 Å². The van der Waals surface area contributed by atoms with Gasteiger partial charge in [-0.15, -0.1) is 0 Å². The van der Waals surface area contributed by atoms with E-state index in [2.05, 4.69) is 0 Å². The van der Waals surface area contributed by atoms with E-state index in [4.69, 9.17) is 18.8 Å². The Bertz CT molecular complexity index is 271. The summed E-state index contributed by atoms with van der Waals surface area (Å²) in [4.78, 5) is 0. The van der Waals surface area contributed by atoms with Crippen molar-refractivity contribution in [3.63, 3.8) is 0 Å². The molecule has 11 heavy (non-hydrogen) atoms. The second-order valence-corrected chi connectivity index (χ2v) is 2.26. The Kier molecular flexibility index (Phi) is 2.30. The first-order chi connectivity index (χ1) is 5.24. The highest BCUT2D eigenvalue weighted by Gasteiger charge is 1.96. The van der Waals surface area contributed by atoms with Crippen molar-refractivity contribution in [2.45, 2.75) is 5.94 Å². The Morgan fingerprint density at radius 3 is 2.27 bits per heavy atom. The number of nitriles is 1. The van der Waals surface area contributed by atoms with Crippen LogP contribution < -0.4 is 5.73 Å². The fourth-order valence-corrected chi connectivity index (χ4v) is 0.780. The molecule has 0 amide bonds. The largest absolute Gasteiger partial charge is 0.332 e. The van der Waals surface area contributed by atoms with E-state index in [9.17, 15) is 0 Å². The van der Waals surface area contributed by atoms with Crippen molar-refractivity contribution in [1.29, 1.82) is 5.26 Å². The molecule has 1 aromatic carbocycles. The van der Waals surface area contributed by atoms with Gasteiger partial charge >= 0.3 is 0 Å². The molecule has 2 N–H and O–H groups in total. The third-order valence-corrected chi connectivity index (χ3v) is 1.42. The number of nitrogens with two attached hydrogens (primary N) is 1. The highest BCUT2D eigenvalue weighted by atomic mass is 14.6. The first kappa shape index (κ1) is 7.84. The van der Waals surface area contributed by atoms with Crippen molar-refractivity contribution >= 4 is 7.85 Å². The highest BCUT2D eigenvalue weighted by molar-refractivity contribution is 6.11. The highest BCUT2D eigenvalue weighted by Crippen LogP contribution is 2.07. The molecule has 2 nitrogen and oxygen atoms in total. The molecule has 0 spiro atoms. The summed E-state index contributed by atoms with van der Waals surface area (Å²) in [5.74, 6) is -0.456. The minimum absolute atomic E-state index is 0.456. The summed E-state index contributed by atoms with van der Waals surface area (Å²) in [6.45, 7) is 0. The summed E-state index contributed by atoms with van der Waals surface area (Å²) in [6.07, 6.45) is 0. The minimum atomic E-state index is -0.456. The van der Waals surface area contributed by atoms with Crippen molar-refractivity contribution in [1.82, 2.24) is 0 Å². The van der Waals surface area contributed by atoms with Gasteiger partial charge in [0.25, 0.3) is 0 Å². The molecule has 1 unspecified atom stereocenters. The van der Waals surface area contributed by atoms with Gasteiger partial charge in [0.15, 0.2) is 0 Å². The van der Waals surface area contributed by atoms with Crippen LogP contribution in [0.2, 0.25) is 0 Å². The van der Waals surface area contributed by atoms with Crippen molar-refractivity contribution in [2.24, 2.45) is 5.73 Å². The molecule has 52 valence electrons. The van der Waals surface area contributed by atoms with Crippen LogP contribution in [0.5, 0.6) is 0 Å². The molecule has 0 fully saturated rings.